The zero-order valence-electron chi connectivity index (χ0n) is 15.7. The average molecular weight is 372 g/mol. The van der Waals surface area contributed by atoms with E-state index in [2.05, 4.69) is 10.6 Å². The molecule has 2 amide bonds. The maximum Gasteiger partial charge on any atom is 0.338 e. The number of hydrogen-bond acceptors (Lipinski definition) is 5. The van der Waals surface area contributed by atoms with E-state index in [0.29, 0.717) is 47.2 Å². The fraction of sp³-hybridized carbons (Fsp3) is 0.500. The van der Waals surface area contributed by atoms with E-state index in [4.69, 9.17) is 16.2 Å². The number of rotatable bonds is 5. The maximum atomic E-state index is 12.9. The second-order valence-corrected chi connectivity index (χ2v) is 7.27. The molecule has 27 heavy (non-hydrogen) atoms. The van der Waals surface area contributed by atoms with E-state index >= 15 is 0 Å². The van der Waals surface area contributed by atoms with E-state index in [1.54, 1.807) is 18.2 Å². The largest absolute Gasteiger partial charge is 0.462 e. The van der Waals surface area contributed by atoms with Crippen LogP contribution < -0.4 is 22.1 Å². The first-order valence-corrected chi connectivity index (χ1v) is 9.62. The summed E-state index contributed by atoms with van der Waals surface area (Å²) in [6.07, 6.45) is 6.35. The van der Waals surface area contributed by atoms with Crippen molar-refractivity contribution < 1.29 is 14.3 Å². The summed E-state index contributed by atoms with van der Waals surface area (Å²) < 4.78 is 5.65. The molecular weight excluding hydrogens is 344 g/mol. The Hall–Kier alpha value is -2.70. The van der Waals surface area contributed by atoms with E-state index in [-0.39, 0.29) is 6.03 Å². The summed E-state index contributed by atoms with van der Waals surface area (Å²) in [7, 11) is 0. The second-order valence-electron chi connectivity index (χ2n) is 7.27. The molecule has 1 fully saturated rings. The summed E-state index contributed by atoms with van der Waals surface area (Å²) >= 11 is 0. The van der Waals surface area contributed by atoms with Gasteiger partial charge in [0, 0.05) is 5.70 Å². The van der Waals surface area contributed by atoms with Crippen molar-refractivity contribution in [1.29, 1.82) is 0 Å². The number of nitrogen functional groups attached to an aromatic ring is 2. The van der Waals surface area contributed by atoms with Crippen molar-refractivity contribution in [2.45, 2.75) is 51.5 Å². The Morgan fingerprint density at radius 3 is 2.59 bits per heavy atom. The zero-order chi connectivity index (χ0) is 19.4. The molecule has 1 heterocycles. The SMILES string of the molecule is CCC1=C(C(=O)OCC2CCCCC2)C(c2ccc(N)c(N)c2)NC(=O)N1. The minimum atomic E-state index is -0.615. The van der Waals surface area contributed by atoms with Crippen LogP contribution in [0.25, 0.3) is 0 Å². The van der Waals surface area contributed by atoms with Crippen LogP contribution in [0.4, 0.5) is 16.2 Å². The number of allylic oxidation sites excluding steroid dienone is 1. The molecule has 7 nitrogen and oxygen atoms in total. The van der Waals surface area contributed by atoms with Crippen molar-refractivity contribution in [3.8, 4) is 0 Å². The maximum absolute atomic E-state index is 12.9. The third-order valence-corrected chi connectivity index (χ3v) is 5.35. The van der Waals surface area contributed by atoms with Gasteiger partial charge in [0.15, 0.2) is 0 Å². The first-order valence-electron chi connectivity index (χ1n) is 9.62. The van der Waals surface area contributed by atoms with Crippen molar-refractivity contribution in [2.75, 3.05) is 18.1 Å². The van der Waals surface area contributed by atoms with Crippen molar-refractivity contribution in [3.05, 3.63) is 35.0 Å². The Morgan fingerprint density at radius 1 is 1.19 bits per heavy atom. The molecule has 1 atom stereocenters. The van der Waals surface area contributed by atoms with E-state index < -0.39 is 12.0 Å². The molecule has 0 bridgehead atoms. The monoisotopic (exact) mass is 372 g/mol. The molecular formula is C20H28N4O3. The van der Waals surface area contributed by atoms with Crippen LogP contribution in [0, 0.1) is 5.92 Å². The van der Waals surface area contributed by atoms with Gasteiger partial charge in [0.2, 0.25) is 0 Å². The Kier molecular flexibility index (Phi) is 5.88. The molecule has 1 unspecified atom stereocenters. The third kappa shape index (κ3) is 4.35. The van der Waals surface area contributed by atoms with Crippen LogP contribution in [-0.2, 0) is 9.53 Å². The molecule has 3 rings (SSSR count). The normalized spacial score (nSPS) is 20.8. The Bertz CT molecular complexity index is 754. The fourth-order valence-electron chi connectivity index (χ4n) is 3.79. The van der Waals surface area contributed by atoms with Crippen LogP contribution in [0.1, 0.15) is 57.1 Å². The number of anilines is 2. The fourth-order valence-corrected chi connectivity index (χ4v) is 3.79. The van der Waals surface area contributed by atoms with Gasteiger partial charge in [0.25, 0.3) is 0 Å². The molecule has 1 aromatic carbocycles. The highest BCUT2D eigenvalue weighted by Crippen LogP contribution is 2.32. The van der Waals surface area contributed by atoms with Gasteiger partial charge in [-0.25, -0.2) is 9.59 Å². The highest BCUT2D eigenvalue weighted by atomic mass is 16.5. The predicted octanol–water partition coefficient (Wildman–Crippen LogP) is 2.99. The van der Waals surface area contributed by atoms with Gasteiger partial charge in [-0.3, -0.25) is 0 Å². The van der Waals surface area contributed by atoms with Crippen molar-refractivity contribution >= 4 is 23.4 Å². The van der Waals surface area contributed by atoms with Crippen LogP contribution in [-0.4, -0.2) is 18.6 Å². The lowest BCUT2D eigenvalue weighted by molar-refractivity contribution is -0.141. The van der Waals surface area contributed by atoms with Gasteiger partial charge < -0.3 is 26.8 Å². The van der Waals surface area contributed by atoms with E-state index in [9.17, 15) is 9.59 Å². The number of hydrogen-bond donors (Lipinski definition) is 4. The number of carbonyl (C=O) groups excluding carboxylic acids is 2. The van der Waals surface area contributed by atoms with E-state index in [1.807, 2.05) is 6.92 Å². The van der Waals surface area contributed by atoms with E-state index in [0.717, 1.165) is 12.8 Å². The number of urea groups is 1. The second kappa shape index (κ2) is 8.33. The van der Waals surface area contributed by atoms with Crippen LogP contribution in [0.5, 0.6) is 0 Å². The van der Waals surface area contributed by atoms with Crippen LogP contribution in [0.15, 0.2) is 29.5 Å². The standard InChI is InChI=1S/C20H28N4O3/c1-2-16-17(19(25)27-11-12-6-4-3-5-7-12)18(24-20(26)23-16)13-8-9-14(21)15(22)10-13/h8-10,12,18H,2-7,11,21-22H2,1H3,(H2,23,24,26). The lowest BCUT2D eigenvalue weighted by Crippen LogP contribution is -2.46. The summed E-state index contributed by atoms with van der Waals surface area (Å²) in [5.74, 6) is 0.0236. The van der Waals surface area contributed by atoms with Crippen LogP contribution in [0.3, 0.4) is 0 Å². The summed E-state index contributed by atoms with van der Waals surface area (Å²) in [6.45, 7) is 2.31. The van der Waals surface area contributed by atoms with Gasteiger partial charge in [-0.2, -0.15) is 0 Å². The highest BCUT2D eigenvalue weighted by Gasteiger charge is 2.33. The number of nitrogens with two attached hydrogens (primary N) is 2. The molecule has 7 heteroatoms. The average Bonchev–Trinajstić information content (AvgIpc) is 2.68. The van der Waals surface area contributed by atoms with Crippen LogP contribution in [0.2, 0.25) is 0 Å². The predicted molar refractivity (Wildman–Crippen MR) is 105 cm³/mol. The minimum absolute atomic E-state index is 0.351. The van der Waals surface area contributed by atoms with Gasteiger partial charge in [-0.05, 0) is 42.9 Å². The smallest absolute Gasteiger partial charge is 0.338 e. The number of nitrogens with one attached hydrogen (secondary N) is 2. The molecule has 6 N–H and O–H groups in total. The Morgan fingerprint density at radius 2 is 1.93 bits per heavy atom. The molecule has 2 aliphatic rings. The van der Waals surface area contributed by atoms with Gasteiger partial charge in [-0.1, -0.05) is 32.3 Å². The summed E-state index contributed by atoms with van der Waals surface area (Å²) in [5.41, 5.74) is 14.3. The summed E-state index contributed by atoms with van der Waals surface area (Å²) in [5, 5.41) is 5.54. The first kappa shape index (κ1) is 19.1. The Labute approximate surface area is 159 Å². The molecule has 1 aliphatic carbocycles. The van der Waals surface area contributed by atoms with Gasteiger partial charge in [0.05, 0.1) is 29.6 Å². The minimum Gasteiger partial charge on any atom is -0.462 e. The molecule has 0 aromatic heterocycles. The molecule has 0 saturated heterocycles. The lowest BCUT2D eigenvalue weighted by atomic mass is 9.90. The van der Waals surface area contributed by atoms with Crippen LogP contribution >= 0.6 is 0 Å². The van der Waals surface area contributed by atoms with Gasteiger partial charge >= 0.3 is 12.0 Å². The summed E-state index contributed by atoms with van der Waals surface area (Å²) in [4.78, 5) is 25.0. The quantitative estimate of drug-likeness (QED) is 0.468. The zero-order valence-corrected chi connectivity index (χ0v) is 15.7. The topological polar surface area (TPSA) is 119 Å². The highest BCUT2D eigenvalue weighted by molar-refractivity contribution is 5.95. The molecule has 0 radical (unpaired) electrons. The number of carbonyl (C=O) groups is 2. The van der Waals surface area contributed by atoms with Gasteiger partial charge in [-0.15, -0.1) is 0 Å². The van der Waals surface area contributed by atoms with Crippen molar-refractivity contribution in [3.63, 3.8) is 0 Å². The molecule has 0 spiro atoms. The number of benzene rings is 1. The number of ether oxygens (including phenoxy) is 1. The summed E-state index contributed by atoms with van der Waals surface area (Å²) in [6, 6.07) is 4.17. The number of esters is 1. The third-order valence-electron chi connectivity index (χ3n) is 5.35. The van der Waals surface area contributed by atoms with Crippen molar-refractivity contribution in [2.24, 2.45) is 5.92 Å². The Balaban J connectivity index is 1.84. The van der Waals surface area contributed by atoms with Crippen molar-refractivity contribution in [1.82, 2.24) is 10.6 Å². The molecule has 146 valence electrons. The molecule has 1 aromatic rings. The first-order chi connectivity index (χ1) is 13.0. The van der Waals surface area contributed by atoms with E-state index in [1.165, 1.54) is 19.3 Å². The molecule has 1 saturated carbocycles. The lowest BCUT2D eigenvalue weighted by Gasteiger charge is -2.30. The van der Waals surface area contributed by atoms with Gasteiger partial charge in [0.1, 0.15) is 0 Å². The number of amides is 2. The molecule has 1 aliphatic heterocycles.